The van der Waals surface area contributed by atoms with Gasteiger partial charge in [0, 0.05) is 49.5 Å². The maximum atomic E-state index is 14.0. The highest BCUT2D eigenvalue weighted by atomic mass is 16.8. The molecule has 214 valence electrons. The topological polar surface area (TPSA) is 115 Å². The number of hydrogen-bond donors (Lipinski definition) is 1. The van der Waals surface area contributed by atoms with E-state index in [-0.39, 0.29) is 17.5 Å². The molecule has 2 aromatic carbocycles. The second kappa shape index (κ2) is 11.7. The first-order valence-corrected chi connectivity index (χ1v) is 14.1. The Hall–Kier alpha value is -4.22. The van der Waals surface area contributed by atoms with E-state index in [0.717, 1.165) is 31.4 Å². The first-order chi connectivity index (χ1) is 20.0. The van der Waals surface area contributed by atoms with Crippen molar-refractivity contribution in [3.8, 4) is 11.4 Å². The van der Waals surface area contributed by atoms with Crippen LogP contribution in [0, 0.1) is 0 Å². The van der Waals surface area contributed by atoms with Crippen LogP contribution in [0.15, 0.2) is 48.5 Å². The molecule has 11 nitrogen and oxygen atoms in total. The molecule has 41 heavy (non-hydrogen) atoms. The molecule has 3 aliphatic heterocycles. The number of benzene rings is 2. The minimum atomic E-state index is -0.528. The van der Waals surface area contributed by atoms with Crippen molar-refractivity contribution in [3.05, 3.63) is 65.5 Å². The van der Waals surface area contributed by atoms with Crippen molar-refractivity contribution in [2.24, 2.45) is 0 Å². The van der Waals surface area contributed by atoms with Gasteiger partial charge in [0.25, 0.3) is 11.8 Å². The highest BCUT2D eigenvalue weighted by molar-refractivity contribution is 6.09. The van der Waals surface area contributed by atoms with E-state index in [9.17, 15) is 14.4 Å². The molecule has 0 spiro atoms. The van der Waals surface area contributed by atoms with Crippen LogP contribution in [0.1, 0.15) is 65.1 Å². The minimum Gasteiger partial charge on any atom is -0.497 e. The molecule has 3 aliphatic rings. The number of nitrogens with one attached hydrogen (secondary N) is 1. The van der Waals surface area contributed by atoms with Crippen molar-refractivity contribution in [2.75, 3.05) is 36.6 Å². The molecule has 1 N–H and O–H groups in total. The second-order valence-electron chi connectivity index (χ2n) is 10.4. The fourth-order valence-corrected chi connectivity index (χ4v) is 5.56. The van der Waals surface area contributed by atoms with E-state index in [1.165, 1.54) is 4.68 Å². The number of aromatic nitrogens is 2. The number of nitrogens with zero attached hydrogens (tertiary/aromatic N) is 4. The SMILES string of the molecule is COc1ccc(-n2nc(C(=O)NOC3CCCCO3)c3c2C(=O)N(c2ccc(N4CCCCC4=O)cc2)CC3)cc1. The molecular weight excluding hydrogens is 526 g/mol. The van der Waals surface area contributed by atoms with E-state index in [0.29, 0.717) is 67.3 Å². The average molecular weight is 560 g/mol. The Morgan fingerprint density at radius 3 is 2.32 bits per heavy atom. The molecular formula is C30H33N5O6. The van der Waals surface area contributed by atoms with Gasteiger partial charge in [-0.3, -0.25) is 14.4 Å². The molecule has 1 aromatic heterocycles. The van der Waals surface area contributed by atoms with Gasteiger partial charge in [0.15, 0.2) is 12.0 Å². The molecule has 2 fully saturated rings. The predicted molar refractivity (Wildman–Crippen MR) is 150 cm³/mol. The number of hydrogen-bond acceptors (Lipinski definition) is 7. The fraction of sp³-hybridized carbons (Fsp3) is 0.400. The summed E-state index contributed by atoms with van der Waals surface area (Å²) in [6.45, 7) is 1.66. The van der Waals surface area contributed by atoms with Crippen molar-refractivity contribution in [2.45, 2.75) is 51.2 Å². The quantitative estimate of drug-likeness (QED) is 0.438. The normalized spacial score (nSPS) is 19.2. The maximum Gasteiger partial charge on any atom is 0.295 e. The molecule has 2 saturated heterocycles. The van der Waals surface area contributed by atoms with Gasteiger partial charge < -0.3 is 19.3 Å². The van der Waals surface area contributed by atoms with Crippen LogP contribution in [-0.4, -0.2) is 60.6 Å². The highest BCUT2D eigenvalue weighted by Crippen LogP contribution is 2.31. The summed E-state index contributed by atoms with van der Waals surface area (Å²) in [6, 6.07) is 14.6. The highest BCUT2D eigenvalue weighted by Gasteiger charge is 2.35. The molecule has 1 atom stereocenters. The van der Waals surface area contributed by atoms with E-state index in [4.69, 9.17) is 14.3 Å². The predicted octanol–water partition coefficient (Wildman–Crippen LogP) is 3.79. The zero-order chi connectivity index (χ0) is 28.3. The summed E-state index contributed by atoms with van der Waals surface area (Å²) in [5.74, 6) is -0.0174. The van der Waals surface area contributed by atoms with Crippen molar-refractivity contribution >= 4 is 29.1 Å². The lowest BCUT2D eigenvalue weighted by atomic mass is 10.0. The number of anilines is 2. The Morgan fingerprint density at radius 1 is 0.902 bits per heavy atom. The molecule has 3 amide bonds. The lowest BCUT2D eigenvalue weighted by Crippen LogP contribution is -2.39. The summed E-state index contributed by atoms with van der Waals surface area (Å²) in [5.41, 5.74) is 5.65. The van der Waals surface area contributed by atoms with Crippen LogP contribution >= 0.6 is 0 Å². The average Bonchev–Trinajstić information content (AvgIpc) is 3.42. The number of amides is 3. The molecule has 0 radical (unpaired) electrons. The van der Waals surface area contributed by atoms with Crippen LogP contribution in [0.3, 0.4) is 0 Å². The zero-order valence-corrected chi connectivity index (χ0v) is 23.0. The van der Waals surface area contributed by atoms with Gasteiger partial charge in [0.1, 0.15) is 11.4 Å². The van der Waals surface area contributed by atoms with Crippen LogP contribution in [0.25, 0.3) is 5.69 Å². The van der Waals surface area contributed by atoms with Gasteiger partial charge in [-0.25, -0.2) is 15.0 Å². The number of carbonyl (C=O) groups is 3. The molecule has 6 rings (SSSR count). The number of hydroxylamine groups is 1. The Kier molecular flexibility index (Phi) is 7.71. The summed E-state index contributed by atoms with van der Waals surface area (Å²) >= 11 is 0. The number of carbonyl (C=O) groups excluding carboxylic acids is 3. The largest absolute Gasteiger partial charge is 0.497 e. The van der Waals surface area contributed by atoms with Crippen LogP contribution in [-0.2, 0) is 20.8 Å². The first kappa shape index (κ1) is 27.0. The molecule has 3 aromatic rings. The molecule has 0 saturated carbocycles. The van der Waals surface area contributed by atoms with E-state index >= 15 is 0 Å². The third-order valence-corrected chi connectivity index (χ3v) is 7.77. The Morgan fingerprint density at radius 2 is 1.63 bits per heavy atom. The molecule has 1 unspecified atom stereocenters. The van der Waals surface area contributed by atoms with Gasteiger partial charge in [-0.15, -0.1) is 0 Å². The lowest BCUT2D eigenvalue weighted by Gasteiger charge is -2.29. The van der Waals surface area contributed by atoms with Crippen LogP contribution in [0.2, 0.25) is 0 Å². The monoisotopic (exact) mass is 559 g/mol. The number of ether oxygens (including phenoxy) is 2. The van der Waals surface area contributed by atoms with Gasteiger partial charge in [-0.05, 0) is 80.6 Å². The lowest BCUT2D eigenvalue weighted by molar-refractivity contribution is -0.186. The summed E-state index contributed by atoms with van der Waals surface area (Å²) < 4.78 is 12.3. The fourth-order valence-electron chi connectivity index (χ4n) is 5.56. The van der Waals surface area contributed by atoms with Gasteiger partial charge in [-0.2, -0.15) is 5.10 Å². The molecule has 0 aliphatic carbocycles. The number of fused-ring (bicyclic) bond motifs is 1. The number of piperidine rings is 1. The third-order valence-electron chi connectivity index (χ3n) is 7.77. The summed E-state index contributed by atoms with van der Waals surface area (Å²) in [7, 11) is 1.58. The van der Waals surface area contributed by atoms with Gasteiger partial charge in [0.2, 0.25) is 5.91 Å². The minimum absolute atomic E-state index is 0.121. The maximum absolute atomic E-state index is 14.0. The molecule has 0 bridgehead atoms. The Bertz CT molecular complexity index is 1430. The zero-order valence-electron chi connectivity index (χ0n) is 23.0. The third kappa shape index (κ3) is 5.42. The van der Waals surface area contributed by atoms with Gasteiger partial charge in [-0.1, -0.05) is 0 Å². The number of rotatable bonds is 7. The van der Waals surface area contributed by atoms with Crippen molar-refractivity contribution in [1.82, 2.24) is 15.3 Å². The van der Waals surface area contributed by atoms with E-state index in [1.54, 1.807) is 41.2 Å². The van der Waals surface area contributed by atoms with Crippen LogP contribution < -0.4 is 20.0 Å². The smallest absolute Gasteiger partial charge is 0.295 e. The van der Waals surface area contributed by atoms with Crippen LogP contribution in [0.4, 0.5) is 11.4 Å². The van der Waals surface area contributed by atoms with E-state index < -0.39 is 12.2 Å². The van der Waals surface area contributed by atoms with Crippen molar-refractivity contribution < 1.29 is 28.7 Å². The van der Waals surface area contributed by atoms with E-state index in [2.05, 4.69) is 10.6 Å². The second-order valence-corrected chi connectivity index (χ2v) is 10.4. The summed E-state index contributed by atoms with van der Waals surface area (Å²) in [6.07, 6.45) is 4.98. The number of methoxy groups -OCH3 is 1. The van der Waals surface area contributed by atoms with Crippen LogP contribution in [0.5, 0.6) is 5.75 Å². The van der Waals surface area contributed by atoms with Crippen molar-refractivity contribution in [3.63, 3.8) is 0 Å². The van der Waals surface area contributed by atoms with Gasteiger partial charge >= 0.3 is 0 Å². The van der Waals surface area contributed by atoms with Gasteiger partial charge in [0.05, 0.1) is 12.8 Å². The molecule has 11 heteroatoms. The first-order valence-electron chi connectivity index (χ1n) is 14.1. The van der Waals surface area contributed by atoms with Crippen molar-refractivity contribution in [1.29, 1.82) is 0 Å². The summed E-state index contributed by atoms with van der Waals surface area (Å²) in [4.78, 5) is 48.6. The summed E-state index contributed by atoms with van der Waals surface area (Å²) in [5, 5.41) is 4.59. The Balaban J connectivity index is 1.29. The standard InChI is InChI=1S/C30H33N5O6/c1-39-23-14-12-22(13-15-23)35-28-24(27(31-35)29(37)32-41-26-7-3-5-19-40-26)16-18-34(30(28)38)21-10-8-20(9-11-21)33-17-4-2-6-25(33)36/h8-15,26H,2-7,16-19H2,1H3,(H,32,37). The Labute approximate surface area is 237 Å². The van der Waals surface area contributed by atoms with E-state index in [1.807, 2.05) is 24.3 Å². The molecule has 4 heterocycles.